The Morgan fingerprint density at radius 2 is 1.37 bits per heavy atom. The molecule has 6 aromatic rings. The van der Waals surface area contributed by atoms with Gasteiger partial charge in [0.25, 0.3) is 24.9 Å². The van der Waals surface area contributed by atoms with Crippen molar-refractivity contribution < 1.29 is 98.3 Å². The number of aromatic nitrogens is 12. The Hall–Kier alpha value is -5.07. The number of nitrogens with zero attached hydrogens (tertiary/aromatic N) is 10. The van der Waals surface area contributed by atoms with Gasteiger partial charge in [0.05, 0.1) is 45.6 Å². The molecule has 76 heavy (non-hydrogen) atoms. The molecule has 41 heteroatoms. The van der Waals surface area contributed by atoms with Crippen LogP contribution in [-0.2, 0) is 71.0 Å². The van der Waals surface area contributed by atoms with E-state index in [1.165, 1.54) is 9.13 Å². The molecular formula is C35H49N15O22P4. The maximum atomic E-state index is 13.6. The summed E-state index contributed by atoms with van der Waals surface area (Å²) in [6, 6.07) is 0. The van der Waals surface area contributed by atoms with E-state index in [2.05, 4.69) is 48.5 Å². The molecule has 4 unspecified atom stereocenters. The first kappa shape index (κ1) is 55.7. The van der Waals surface area contributed by atoms with Crippen LogP contribution in [0.4, 0.5) is 17.7 Å². The van der Waals surface area contributed by atoms with Gasteiger partial charge in [-0.1, -0.05) is 25.3 Å². The van der Waals surface area contributed by atoms with E-state index in [9.17, 15) is 57.6 Å². The zero-order valence-electron chi connectivity index (χ0n) is 39.7. The number of aliphatic hydroxyl groups excluding tert-OH is 2. The van der Waals surface area contributed by atoms with E-state index in [1.807, 2.05) is 0 Å². The van der Waals surface area contributed by atoms with Crippen molar-refractivity contribution in [2.45, 2.75) is 81.7 Å². The average molecular weight is 1160 g/mol. The van der Waals surface area contributed by atoms with Crippen LogP contribution in [0.5, 0.6) is 0 Å². The van der Waals surface area contributed by atoms with Gasteiger partial charge in [-0.05, 0) is 5.92 Å². The van der Waals surface area contributed by atoms with E-state index in [1.54, 1.807) is 31.8 Å². The van der Waals surface area contributed by atoms with Crippen LogP contribution < -0.4 is 37.8 Å². The number of phosphoric ester groups is 3. The normalized spacial score (nSPS) is 30.2. The first-order valence-electron chi connectivity index (χ1n) is 22.3. The number of nitrogens with two attached hydrogens (primary N) is 3. The van der Waals surface area contributed by atoms with Crippen molar-refractivity contribution >= 4 is 82.5 Å². The fourth-order valence-corrected chi connectivity index (χ4v) is 13.7. The number of imidazole rings is 3. The predicted molar refractivity (Wildman–Crippen MR) is 248 cm³/mol. The highest BCUT2D eigenvalue weighted by atomic mass is 31.3. The molecule has 3 saturated heterocycles. The Morgan fingerprint density at radius 1 is 0.763 bits per heavy atom. The van der Waals surface area contributed by atoms with E-state index in [0.717, 1.165) is 30.7 Å². The van der Waals surface area contributed by atoms with Crippen LogP contribution in [0.1, 0.15) is 39.0 Å². The van der Waals surface area contributed by atoms with Crippen molar-refractivity contribution in [1.82, 2.24) is 53.6 Å². The molecule has 0 saturated carbocycles. The van der Waals surface area contributed by atoms with Gasteiger partial charge in [-0.3, -0.25) is 46.9 Å². The van der Waals surface area contributed by atoms with Gasteiger partial charge in [-0.15, -0.1) is 0 Å². The van der Waals surface area contributed by atoms with E-state index >= 15 is 0 Å². The summed E-state index contributed by atoms with van der Waals surface area (Å²) in [6.07, 6.45) is -10.0. The third kappa shape index (κ3) is 11.0. The Labute approximate surface area is 424 Å². The van der Waals surface area contributed by atoms with Crippen LogP contribution >= 0.6 is 31.3 Å². The van der Waals surface area contributed by atoms with Crippen molar-refractivity contribution in [3.8, 4) is 0 Å². The largest absolute Gasteiger partial charge is 0.756 e. The summed E-state index contributed by atoms with van der Waals surface area (Å²) in [7, 11) is -20.7. The summed E-state index contributed by atoms with van der Waals surface area (Å²) >= 11 is 0. The zero-order valence-corrected chi connectivity index (χ0v) is 43.3. The van der Waals surface area contributed by atoms with Crippen molar-refractivity contribution in [2.24, 2.45) is 18.9 Å². The van der Waals surface area contributed by atoms with Gasteiger partial charge in [0.15, 0.2) is 47.6 Å². The monoisotopic (exact) mass is 1160 g/mol. The second kappa shape index (κ2) is 21.0. The minimum absolute atomic E-state index is 0.0173. The quantitative estimate of drug-likeness (QED) is 0.0281. The number of hydrogen-bond acceptors (Lipinski definition) is 28. The highest BCUT2D eigenvalue weighted by Crippen LogP contribution is 2.68. The molecular weight excluding hydrogens is 1110 g/mol. The second-order valence-electron chi connectivity index (χ2n) is 17.4. The molecule has 6 aromatic heterocycles. The number of aromatic amines is 2. The lowest BCUT2D eigenvalue weighted by molar-refractivity contribution is -0.745. The molecule has 37 nitrogen and oxygen atoms in total. The summed E-state index contributed by atoms with van der Waals surface area (Å²) < 4.78 is 111. The van der Waals surface area contributed by atoms with Crippen LogP contribution in [-0.4, -0.2) is 148 Å². The zero-order chi connectivity index (χ0) is 55.0. The van der Waals surface area contributed by atoms with Crippen LogP contribution in [0.2, 0.25) is 0 Å². The Balaban J connectivity index is 0.866. The number of phosphoric acid groups is 4. The summed E-state index contributed by atoms with van der Waals surface area (Å²) in [6.45, 7) is 0.599. The van der Waals surface area contributed by atoms with Crippen molar-refractivity contribution in [2.75, 3.05) is 44.1 Å². The van der Waals surface area contributed by atoms with Gasteiger partial charge in [0.2, 0.25) is 11.5 Å². The molecule has 0 aliphatic carbocycles. The summed E-state index contributed by atoms with van der Waals surface area (Å²) in [5.41, 5.74) is 16.2. The number of aryl methyl sites for hydroxylation is 1. The molecule has 3 aliphatic rings. The number of fused-ring (bicyclic) bond motifs is 3. The molecule has 0 radical (unpaired) electrons. The highest BCUT2D eigenvalue weighted by molar-refractivity contribution is 7.66. The number of H-pyrrole nitrogens is 2. The van der Waals surface area contributed by atoms with Crippen LogP contribution in [0, 0.1) is 11.8 Å². The molecule has 9 heterocycles. The minimum atomic E-state index is -6.11. The van der Waals surface area contributed by atoms with E-state index in [-0.39, 0.29) is 63.0 Å². The van der Waals surface area contributed by atoms with Crippen molar-refractivity contribution in [3.05, 3.63) is 46.0 Å². The molecule has 13 N–H and O–H groups in total. The minimum Gasteiger partial charge on any atom is -0.756 e. The van der Waals surface area contributed by atoms with Crippen molar-refractivity contribution in [1.29, 1.82) is 0 Å². The lowest BCUT2D eigenvalue weighted by Gasteiger charge is -2.31. The van der Waals surface area contributed by atoms with Crippen LogP contribution in [0.25, 0.3) is 33.5 Å². The van der Waals surface area contributed by atoms with E-state index in [4.69, 9.17) is 54.2 Å². The van der Waals surface area contributed by atoms with Crippen molar-refractivity contribution in [3.63, 3.8) is 0 Å². The van der Waals surface area contributed by atoms with Gasteiger partial charge in [0, 0.05) is 13.0 Å². The highest BCUT2D eigenvalue weighted by Gasteiger charge is 2.52. The number of aliphatic hydroxyl groups is 2. The second-order valence-corrected chi connectivity index (χ2v) is 23.4. The molecule has 0 aromatic carbocycles. The summed E-state index contributed by atoms with van der Waals surface area (Å²) in [5, 5.41) is 21.7. The number of methoxy groups -OCH3 is 1. The average Bonchev–Trinajstić information content (AvgIpc) is 4.20. The van der Waals surface area contributed by atoms with Gasteiger partial charge in [-0.25, -0.2) is 38.2 Å². The van der Waals surface area contributed by atoms with E-state index < -0.39 is 124 Å². The first-order valence-corrected chi connectivity index (χ1v) is 28.3. The number of ether oxygens (including phenoxy) is 4. The van der Waals surface area contributed by atoms with Gasteiger partial charge < -0.3 is 75.0 Å². The van der Waals surface area contributed by atoms with Crippen LogP contribution in [0.15, 0.2) is 34.9 Å². The molecule has 0 bridgehead atoms. The van der Waals surface area contributed by atoms with Crippen LogP contribution in [0.3, 0.4) is 0 Å². The smallest absolute Gasteiger partial charge is 0.490 e. The standard InChI is InChI=1S/C35H49N15O22P4/c1-5-14-13(2)31(50-12-47(3)20-28(50)44-35(38)46-30(20)54)67-15(14)6-65-74(57,58)71-76(61,62)72-75(59,60)66-8-17-23(24(63-4)33(69-17)48-10-41-18-25(36)39-9-40-26(18)48)70-73(55,56)64-7-16-21(51)22(52)32(68-16)49-11-42-19-27(49)43-34(37)45-29(19)53/h9-17,21-24,31-33,51-52H,5-8H2,1-4H3,(H11-,36,37,38,39,40,43,44,45,46,53,54,55,56,57,58,59,60,61,62)/t13-,14+,15-,16-,17-,21-,22-,23-,24-,31-,32-,33-/m1/s1. The lowest BCUT2D eigenvalue weighted by atomic mass is 9.89. The topological polar surface area (TPSA) is 525 Å². The summed E-state index contributed by atoms with van der Waals surface area (Å²) in [4.78, 5) is 99.2. The molecule has 416 valence electrons. The van der Waals surface area contributed by atoms with Gasteiger partial charge >= 0.3 is 29.1 Å². The SMILES string of the molecule is CC[C@H]1[C@@H](C)[C@H]([n+]2cn(C)c3c(=O)[nH]c(N)nc32)O[C@@H]1COP(=O)(O)OP(=O)(O)OP(=O)(O)OC[C@H]1O[C@@H](n2cnc3c(N)ncnc32)[C@H](OC)[C@@H]1OP(=O)([O-])OC[C@H]1O[C@@H](n2cnc3c(=O)[nH]c(N)nc32)[C@H](O)[C@@H]1O. The summed E-state index contributed by atoms with van der Waals surface area (Å²) in [5.74, 6) is -1.29. The number of hydrogen-bond donors (Lipinski definition) is 10. The number of nitrogen functional groups attached to an aromatic ring is 3. The molecule has 9 rings (SSSR count). The molecule has 3 fully saturated rings. The predicted octanol–water partition coefficient (Wildman–Crippen LogP) is -2.40. The number of anilines is 3. The molecule has 3 aliphatic heterocycles. The third-order valence-electron chi connectivity index (χ3n) is 12.6. The molecule has 0 amide bonds. The van der Waals surface area contributed by atoms with Gasteiger partial charge in [-0.2, -0.15) is 13.6 Å². The number of rotatable bonds is 20. The Morgan fingerprint density at radius 3 is 2.04 bits per heavy atom. The maximum Gasteiger partial charge on any atom is 0.490 e. The fraction of sp³-hybridized carbons (Fsp3) is 0.571. The third-order valence-corrected chi connectivity index (χ3v) is 17.8. The Kier molecular flexibility index (Phi) is 15.3. The number of nitrogens with one attached hydrogen (secondary N) is 2. The lowest BCUT2D eigenvalue weighted by Crippen LogP contribution is -2.42. The Bertz CT molecular complexity index is 3490. The maximum absolute atomic E-state index is 13.6. The van der Waals surface area contributed by atoms with E-state index in [0.29, 0.717) is 6.42 Å². The van der Waals surface area contributed by atoms with Gasteiger partial charge in [0.1, 0.15) is 48.5 Å². The molecule has 0 spiro atoms. The first-order chi connectivity index (χ1) is 35.7. The molecule has 16 atom stereocenters. The fourth-order valence-electron chi connectivity index (χ4n) is 9.25.